The van der Waals surface area contributed by atoms with Crippen molar-refractivity contribution in [2.75, 3.05) is 12.4 Å². The van der Waals surface area contributed by atoms with Crippen LogP contribution in [0.25, 0.3) is 6.08 Å². The minimum Gasteiger partial charge on any atom is -0.493 e. The Labute approximate surface area is 202 Å². The van der Waals surface area contributed by atoms with Gasteiger partial charge in [0.05, 0.1) is 16.5 Å². The average Bonchev–Trinajstić information content (AvgIpc) is 2.82. The molecule has 0 unspecified atom stereocenters. The Hall–Kier alpha value is -4.23. The topological polar surface area (TPSA) is 114 Å². The molecule has 3 rings (SSSR count). The van der Waals surface area contributed by atoms with Crippen LogP contribution in [-0.2, 0) is 11.4 Å². The van der Waals surface area contributed by atoms with E-state index in [4.69, 9.17) is 9.47 Å². The largest absolute Gasteiger partial charge is 0.493 e. The van der Waals surface area contributed by atoms with Crippen LogP contribution in [0.3, 0.4) is 0 Å². The summed E-state index contributed by atoms with van der Waals surface area (Å²) in [6, 6.07) is 16.3. The predicted octanol–water partition coefficient (Wildman–Crippen LogP) is 5.63. The molecule has 1 amide bonds. The fraction of sp³-hybridized carbons (Fsp3) is 0.0833. The zero-order valence-corrected chi connectivity index (χ0v) is 19.3. The Morgan fingerprint density at radius 2 is 1.97 bits per heavy atom. The van der Waals surface area contributed by atoms with Gasteiger partial charge in [-0.2, -0.15) is 5.26 Å². The van der Waals surface area contributed by atoms with Crippen molar-refractivity contribution in [3.63, 3.8) is 0 Å². The van der Waals surface area contributed by atoms with Gasteiger partial charge in [0.2, 0.25) is 0 Å². The molecule has 0 saturated carbocycles. The van der Waals surface area contributed by atoms with Crippen molar-refractivity contribution >= 4 is 39.3 Å². The van der Waals surface area contributed by atoms with E-state index in [2.05, 4.69) is 21.2 Å². The van der Waals surface area contributed by atoms with Gasteiger partial charge in [-0.3, -0.25) is 14.9 Å². The summed E-state index contributed by atoms with van der Waals surface area (Å²) >= 11 is 3.41. The molecule has 0 atom stereocenters. The summed E-state index contributed by atoms with van der Waals surface area (Å²) in [5.41, 5.74) is 1.00. The van der Waals surface area contributed by atoms with E-state index in [9.17, 15) is 24.6 Å². The number of rotatable bonds is 8. The molecule has 0 aliphatic carbocycles. The lowest BCUT2D eigenvalue weighted by atomic mass is 10.1. The van der Waals surface area contributed by atoms with E-state index >= 15 is 0 Å². The highest BCUT2D eigenvalue weighted by Crippen LogP contribution is 2.38. The first-order valence-electron chi connectivity index (χ1n) is 9.73. The number of carbonyl (C=O) groups excluding carboxylic acids is 1. The summed E-state index contributed by atoms with van der Waals surface area (Å²) in [6.45, 7) is 0.166. The van der Waals surface area contributed by atoms with Crippen molar-refractivity contribution in [3.8, 4) is 17.6 Å². The van der Waals surface area contributed by atoms with Gasteiger partial charge in [0.15, 0.2) is 11.5 Å². The Balaban J connectivity index is 1.81. The molecular formula is C24H17BrFN3O5. The van der Waals surface area contributed by atoms with Gasteiger partial charge in [-0.05, 0) is 63.5 Å². The minimum atomic E-state index is -0.727. The SMILES string of the molecule is COc1cc(/C=C(\C#N)C(=O)Nc2cccc([N+](=O)[O-])c2)cc(Br)c1OCc1ccc(F)cc1. The highest BCUT2D eigenvalue weighted by Gasteiger charge is 2.15. The zero-order valence-electron chi connectivity index (χ0n) is 17.7. The van der Waals surface area contributed by atoms with E-state index in [1.165, 1.54) is 49.6 Å². The summed E-state index contributed by atoms with van der Waals surface area (Å²) in [7, 11) is 1.44. The number of nitro groups is 1. The second kappa shape index (κ2) is 11.1. The van der Waals surface area contributed by atoms with Crippen LogP contribution in [0, 0.1) is 27.3 Å². The smallest absolute Gasteiger partial charge is 0.271 e. The van der Waals surface area contributed by atoms with Gasteiger partial charge in [-0.25, -0.2) is 4.39 Å². The minimum absolute atomic E-state index is 0.166. The molecule has 8 nitrogen and oxygen atoms in total. The number of hydrogen-bond donors (Lipinski definition) is 1. The maximum atomic E-state index is 13.1. The van der Waals surface area contributed by atoms with Crippen molar-refractivity contribution in [3.05, 3.63) is 97.8 Å². The molecule has 0 spiro atoms. The normalized spacial score (nSPS) is 10.8. The molecule has 34 heavy (non-hydrogen) atoms. The molecule has 3 aromatic carbocycles. The van der Waals surface area contributed by atoms with Gasteiger partial charge in [-0.15, -0.1) is 0 Å². The van der Waals surface area contributed by atoms with Crippen LogP contribution in [0.15, 0.2) is 70.7 Å². The number of nitrogens with one attached hydrogen (secondary N) is 1. The maximum absolute atomic E-state index is 13.1. The number of carbonyl (C=O) groups is 1. The van der Waals surface area contributed by atoms with Crippen LogP contribution in [0.5, 0.6) is 11.5 Å². The zero-order chi connectivity index (χ0) is 24.7. The second-order valence-electron chi connectivity index (χ2n) is 6.88. The lowest BCUT2D eigenvalue weighted by molar-refractivity contribution is -0.384. The number of ether oxygens (including phenoxy) is 2. The standard InChI is InChI=1S/C24H17BrFN3O5/c1-33-22-11-16(10-21(25)23(22)34-14-15-5-7-18(26)8-6-15)9-17(13-27)24(30)28-19-3-2-4-20(12-19)29(31)32/h2-12H,14H2,1H3,(H,28,30)/b17-9+. The number of nitriles is 1. The fourth-order valence-corrected chi connectivity index (χ4v) is 3.48. The number of non-ortho nitro benzene ring substituents is 1. The summed E-state index contributed by atoms with van der Waals surface area (Å²) in [4.78, 5) is 22.9. The van der Waals surface area contributed by atoms with Crippen LogP contribution in [0.1, 0.15) is 11.1 Å². The van der Waals surface area contributed by atoms with Crippen molar-refractivity contribution in [1.82, 2.24) is 0 Å². The number of nitrogens with zero attached hydrogens (tertiary/aromatic N) is 2. The van der Waals surface area contributed by atoms with Gasteiger partial charge in [-0.1, -0.05) is 18.2 Å². The summed E-state index contributed by atoms with van der Waals surface area (Å²) in [6.07, 6.45) is 1.35. The van der Waals surface area contributed by atoms with Crippen molar-refractivity contribution in [1.29, 1.82) is 5.26 Å². The number of hydrogen-bond acceptors (Lipinski definition) is 6. The van der Waals surface area contributed by atoms with Crippen LogP contribution in [-0.4, -0.2) is 17.9 Å². The van der Waals surface area contributed by atoms with Gasteiger partial charge in [0.1, 0.15) is 24.1 Å². The van der Waals surface area contributed by atoms with Gasteiger partial charge in [0, 0.05) is 17.8 Å². The van der Waals surface area contributed by atoms with E-state index in [0.717, 1.165) is 5.56 Å². The summed E-state index contributed by atoms with van der Waals surface area (Å²) < 4.78 is 24.8. The summed E-state index contributed by atoms with van der Waals surface area (Å²) in [5, 5.41) is 22.9. The van der Waals surface area contributed by atoms with Crippen LogP contribution < -0.4 is 14.8 Å². The molecule has 172 valence electrons. The van der Waals surface area contributed by atoms with E-state index in [0.29, 0.717) is 21.5 Å². The van der Waals surface area contributed by atoms with Gasteiger partial charge < -0.3 is 14.8 Å². The molecule has 0 radical (unpaired) electrons. The Morgan fingerprint density at radius 1 is 1.24 bits per heavy atom. The van der Waals surface area contributed by atoms with Crippen molar-refractivity contribution in [2.45, 2.75) is 6.61 Å². The molecule has 0 saturated heterocycles. The Kier molecular flexibility index (Phi) is 7.95. The number of amides is 1. The molecule has 0 aromatic heterocycles. The monoisotopic (exact) mass is 525 g/mol. The highest BCUT2D eigenvalue weighted by molar-refractivity contribution is 9.10. The third-order valence-electron chi connectivity index (χ3n) is 4.54. The first-order chi connectivity index (χ1) is 16.3. The van der Waals surface area contributed by atoms with Crippen LogP contribution in [0.2, 0.25) is 0 Å². The van der Waals surface area contributed by atoms with E-state index in [-0.39, 0.29) is 29.4 Å². The molecule has 1 N–H and O–H groups in total. The Bertz CT molecular complexity index is 1300. The quantitative estimate of drug-likeness (QED) is 0.176. The van der Waals surface area contributed by atoms with E-state index in [1.54, 1.807) is 24.3 Å². The molecule has 3 aromatic rings. The first-order valence-corrected chi connectivity index (χ1v) is 10.5. The molecule has 10 heteroatoms. The Morgan fingerprint density at radius 3 is 2.62 bits per heavy atom. The fourth-order valence-electron chi connectivity index (χ4n) is 2.91. The molecule has 0 bridgehead atoms. The number of methoxy groups -OCH3 is 1. The molecule has 0 aliphatic rings. The van der Waals surface area contributed by atoms with Gasteiger partial charge in [0.25, 0.3) is 11.6 Å². The van der Waals surface area contributed by atoms with Gasteiger partial charge >= 0.3 is 0 Å². The summed E-state index contributed by atoms with van der Waals surface area (Å²) in [5.74, 6) is -0.334. The number of benzene rings is 3. The van der Waals surface area contributed by atoms with Crippen LogP contribution >= 0.6 is 15.9 Å². The predicted molar refractivity (Wildman–Crippen MR) is 127 cm³/mol. The third-order valence-corrected chi connectivity index (χ3v) is 5.13. The maximum Gasteiger partial charge on any atom is 0.271 e. The van der Waals surface area contributed by atoms with Crippen molar-refractivity contribution < 1.29 is 23.6 Å². The lowest BCUT2D eigenvalue weighted by Crippen LogP contribution is -2.13. The average molecular weight is 526 g/mol. The van der Waals surface area contributed by atoms with E-state index < -0.39 is 10.8 Å². The molecule has 0 heterocycles. The lowest BCUT2D eigenvalue weighted by Gasteiger charge is -2.14. The highest BCUT2D eigenvalue weighted by atomic mass is 79.9. The van der Waals surface area contributed by atoms with Crippen molar-refractivity contribution in [2.24, 2.45) is 0 Å². The number of anilines is 1. The van der Waals surface area contributed by atoms with Crippen LogP contribution in [0.4, 0.5) is 15.8 Å². The third kappa shape index (κ3) is 6.17. The first kappa shape index (κ1) is 24.4. The number of nitro benzene ring substituents is 1. The second-order valence-corrected chi connectivity index (χ2v) is 7.73. The molecule has 0 fully saturated rings. The molecular weight excluding hydrogens is 509 g/mol. The van der Waals surface area contributed by atoms with E-state index in [1.807, 2.05) is 6.07 Å². The molecule has 0 aliphatic heterocycles. The number of halogens is 2.